The number of aromatic nitrogens is 2. The number of thioether (sulfide) groups is 1. The van der Waals surface area contributed by atoms with Crippen LogP contribution in [-0.2, 0) is 0 Å². The summed E-state index contributed by atoms with van der Waals surface area (Å²) in [6, 6.07) is 5.74. The van der Waals surface area contributed by atoms with Crippen LogP contribution in [0.2, 0.25) is 0 Å². The van der Waals surface area contributed by atoms with E-state index in [0.717, 1.165) is 21.9 Å². The van der Waals surface area contributed by atoms with Gasteiger partial charge in [-0.2, -0.15) is 0 Å². The van der Waals surface area contributed by atoms with Crippen LogP contribution in [0.5, 0.6) is 5.75 Å². The minimum atomic E-state index is -0.510. The highest BCUT2D eigenvalue weighted by molar-refractivity contribution is 7.99. The summed E-state index contributed by atoms with van der Waals surface area (Å²) >= 11 is 7.00. The predicted octanol–water partition coefficient (Wildman–Crippen LogP) is 2.65. The van der Waals surface area contributed by atoms with E-state index in [-0.39, 0.29) is 5.88 Å². The van der Waals surface area contributed by atoms with Crippen molar-refractivity contribution in [3.63, 3.8) is 0 Å². The topological polar surface area (TPSA) is 58.1 Å². The highest BCUT2D eigenvalue weighted by Gasteiger charge is 2.08. The lowest BCUT2D eigenvalue weighted by Crippen LogP contribution is -2.11. The number of halogens is 1. The lowest BCUT2D eigenvalue weighted by atomic mass is 10.3. The molecule has 0 aliphatic rings. The fourth-order valence-electron chi connectivity index (χ4n) is 1.51. The largest absolute Gasteiger partial charge is 0.494 e. The first-order valence-corrected chi connectivity index (χ1v) is 7.24. The van der Waals surface area contributed by atoms with Crippen LogP contribution in [-0.4, -0.2) is 39.4 Å². The number of aliphatic hydroxyl groups excluding tert-OH is 1. The van der Waals surface area contributed by atoms with E-state index in [1.165, 1.54) is 11.8 Å². The van der Waals surface area contributed by atoms with Gasteiger partial charge in [0.15, 0.2) is 5.16 Å². The van der Waals surface area contributed by atoms with Crippen LogP contribution in [0.15, 0.2) is 23.4 Å². The van der Waals surface area contributed by atoms with Crippen molar-refractivity contribution < 1.29 is 9.84 Å². The average molecular weight is 287 g/mol. The number of hydrogen-bond acceptors (Lipinski definition) is 4. The molecule has 0 aliphatic heterocycles. The number of aromatic amines is 1. The molecule has 1 aromatic heterocycles. The summed E-state index contributed by atoms with van der Waals surface area (Å²) < 4.78 is 5.43. The van der Waals surface area contributed by atoms with Gasteiger partial charge in [0.2, 0.25) is 0 Å². The van der Waals surface area contributed by atoms with Gasteiger partial charge in [0.05, 0.1) is 23.7 Å². The van der Waals surface area contributed by atoms with Crippen molar-refractivity contribution in [2.75, 3.05) is 18.2 Å². The van der Waals surface area contributed by atoms with E-state index in [4.69, 9.17) is 16.3 Å². The van der Waals surface area contributed by atoms with Gasteiger partial charge in [-0.1, -0.05) is 11.8 Å². The van der Waals surface area contributed by atoms with Crippen LogP contribution in [0, 0.1) is 0 Å². The SMILES string of the molecule is CCOc1ccc2nc(SC[C@@H](O)CCl)[nH]c2c1. The number of imidazole rings is 1. The van der Waals surface area contributed by atoms with Crippen molar-refractivity contribution in [1.82, 2.24) is 9.97 Å². The van der Waals surface area contributed by atoms with Crippen LogP contribution in [0.3, 0.4) is 0 Å². The Bertz CT molecular complexity index is 518. The minimum Gasteiger partial charge on any atom is -0.494 e. The summed E-state index contributed by atoms with van der Waals surface area (Å²) in [5.74, 6) is 1.59. The molecule has 0 radical (unpaired) electrons. The zero-order valence-electron chi connectivity index (χ0n) is 10.0. The number of fused-ring (bicyclic) bond motifs is 1. The Balaban J connectivity index is 2.11. The second kappa shape index (κ2) is 6.31. The monoisotopic (exact) mass is 286 g/mol. The Kier molecular flexibility index (Phi) is 4.74. The molecule has 0 saturated carbocycles. The molecule has 18 heavy (non-hydrogen) atoms. The average Bonchev–Trinajstić information content (AvgIpc) is 2.78. The summed E-state index contributed by atoms with van der Waals surface area (Å²) in [6.07, 6.45) is -0.510. The third-order valence-electron chi connectivity index (χ3n) is 2.33. The Labute approximate surface area is 115 Å². The number of H-pyrrole nitrogens is 1. The zero-order chi connectivity index (χ0) is 13.0. The second-order valence-corrected chi connectivity index (χ2v) is 5.09. The molecule has 1 aromatic carbocycles. The van der Waals surface area contributed by atoms with E-state index in [9.17, 15) is 5.11 Å². The van der Waals surface area contributed by atoms with Gasteiger partial charge in [0.25, 0.3) is 0 Å². The number of alkyl halides is 1. The van der Waals surface area contributed by atoms with Gasteiger partial charge in [-0.25, -0.2) is 4.98 Å². The molecule has 0 amide bonds. The van der Waals surface area contributed by atoms with Crippen molar-refractivity contribution in [1.29, 1.82) is 0 Å². The molecular weight excluding hydrogens is 272 g/mol. The molecule has 2 rings (SSSR count). The van der Waals surface area contributed by atoms with Gasteiger partial charge in [0.1, 0.15) is 5.75 Å². The normalized spacial score (nSPS) is 12.8. The predicted molar refractivity (Wildman–Crippen MR) is 74.7 cm³/mol. The van der Waals surface area contributed by atoms with E-state index < -0.39 is 6.10 Å². The van der Waals surface area contributed by atoms with Gasteiger partial charge in [-0.05, 0) is 19.1 Å². The van der Waals surface area contributed by atoms with Crippen LogP contribution in [0.25, 0.3) is 11.0 Å². The third kappa shape index (κ3) is 3.31. The summed E-state index contributed by atoms with van der Waals surface area (Å²) in [5, 5.41) is 10.2. The van der Waals surface area contributed by atoms with Crippen molar-refractivity contribution in [2.45, 2.75) is 18.2 Å². The molecule has 0 fully saturated rings. The molecule has 0 bridgehead atoms. The van der Waals surface area contributed by atoms with Gasteiger partial charge < -0.3 is 14.8 Å². The van der Waals surface area contributed by atoms with Crippen molar-refractivity contribution in [2.24, 2.45) is 0 Å². The van der Waals surface area contributed by atoms with Gasteiger partial charge in [-0.15, -0.1) is 11.6 Å². The number of nitrogens with zero attached hydrogens (tertiary/aromatic N) is 1. The molecule has 4 nitrogen and oxygen atoms in total. The van der Waals surface area contributed by atoms with Crippen molar-refractivity contribution >= 4 is 34.4 Å². The maximum Gasteiger partial charge on any atom is 0.166 e. The number of hydrogen-bond donors (Lipinski definition) is 2. The standard InChI is InChI=1S/C12H15ClN2O2S/c1-2-17-9-3-4-10-11(5-9)15-12(14-10)18-7-8(16)6-13/h3-5,8,16H,2,6-7H2,1H3,(H,14,15)/t8-/m0/s1. The van der Waals surface area contributed by atoms with E-state index >= 15 is 0 Å². The number of rotatable bonds is 6. The molecule has 0 spiro atoms. The quantitative estimate of drug-likeness (QED) is 0.633. The molecule has 2 N–H and O–H groups in total. The highest BCUT2D eigenvalue weighted by Crippen LogP contribution is 2.23. The van der Waals surface area contributed by atoms with E-state index in [0.29, 0.717) is 12.4 Å². The van der Waals surface area contributed by atoms with Crippen LogP contribution >= 0.6 is 23.4 Å². The molecule has 6 heteroatoms. The zero-order valence-corrected chi connectivity index (χ0v) is 11.6. The summed E-state index contributed by atoms with van der Waals surface area (Å²) in [5.41, 5.74) is 1.82. The molecule has 0 unspecified atom stereocenters. The van der Waals surface area contributed by atoms with Crippen molar-refractivity contribution in [3.8, 4) is 5.75 Å². The van der Waals surface area contributed by atoms with E-state index in [1.54, 1.807) is 0 Å². The summed E-state index contributed by atoms with van der Waals surface area (Å²) in [6.45, 7) is 2.59. The van der Waals surface area contributed by atoms with Crippen LogP contribution in [0.4, 0.5) is 0 Å². The summed E-state index contributed by atoms with van der Waals surface area (Å²) in [7, 11) is 0. The maximum atomic E-state index is 9.39. The van der Waals surface area contributed by atoms with E-state index in [1.807, 2.05) is 25.1 Å². The fourth-order valence-corrected chi connectivity index (χ4v) is 2.56. The Morgan fingerprint density at radius 2 is 2.39 bits per heavy atom. The van der Waals surface area contributed by atoms with Gasteiger partial charge in [0, 0.05) is 17.7 Å². The molecule has 2 aromatic rings. The lowest BCUT2D eigenvalue weighted by Gasteiger charge is -2.02. The molecule has 98 valence electrons. The first kappa shape index (κ1) is 13.5. The maximum absolute atomic E-state index is 9.39. The highest BCUT2D eigenvalue weighted by atomic mass is 35.5. The minimum absolute atomic E-state index is 0.238. The van der Waals surface area contributed by atoms with Crippen LogP contribution in [0.1, 0.15) is 6.92 Å². The van der Waals surface area contributed by atoms with Gasteiger partial charge >= 0.3 is 0 Å². The number of ether oxygens (including phenoxy) is 1. The number of aliphatic hydroxyl groups is 1. The van der Waals surface area contributed by atoms with E-state index in [2.05, 4.69) is 9.97 Å². The first-order valence-electron chi connectivity index (χ1n) is 5.72. The lowest BCUT2D eigenvalue weighted by molar-refractivity contribution is 0.223. The Hall–Kier alpha value is -0.910. The second-order valence-electron chi connectivity index (χ2n) is 3.77. The number of benzene rings is 1. The Morgan fingerprint density at radius 1 is 1.56 bits per heavy atom. The third-order valence-corrected chi connectivity index (χ3v) is 3.71. The smallest absolute Gasteiger partial charge is 0.166 e. The summed E-state index contributed by atoms with van der Waals surface area (Å²) in [4.78, 5) is 7.61. The fraction of sp³-hybridized carbons (Fsp3) is 0.417. The molecule has 1 atom stereocenters. The molecular formula is C12H15ClN2O2S. The van der Waals surface area contributed by atoms with Crippen LogP contribution < -0.4 is 4.74 Å². The van der Waals surface area contributed by atoms with Crippen molar-refractivity contribution in [3.05, 3.63) is 18.2 Å². The first-order chi connectivity index (χ1) is 8.72. The molecule has 0 aliphatic carbocycles. The number of nitrogens with one attached hydrogen (secondary N) is 1. The van der Waals surface area contributed by atoms with Gasteiger partial charge in [-0.3, -0.25) is 0 Å². The molecule has 1 heterocycles. The molecule has 0 saturated heterocycles. The Morgan fingerprint density at radius 3 is 3.11 bits per heavy atom.